The molecule has 0 bridgehead atoms. The van der Waals surface area contributed by atoms with Gasteiger partial charge in [0.1, 0.15) is 0 Å². The summed E-state index contributed by atoms with van der Waals surface area (Å²) in [7, 11) is 0. The molecule has 8 heavy (non-hydrogen) atoms. The van der Waals surface area contributed by atoms with Crippen molar-refractivity contribution >= 4 is 34.8 Å². The first-order chi connectivity index (χ1) is 3.48. The minimum atomic E-state index is -1.28. The van der Waals surface area contributed by atoms with Crippen LogP contribution in [-0.2, 0) is 0 Å². The van der Waals surface area contributed by atoms with E-state index in [2.05, 4.69) is 6.92 Å². The van der Waals surface area contributed by atoms with E-state index in [4.69, 9.17) is 34.8 Å². The lowest BCUT2D eigenvalue weighted by Crippen LogP contribution is -2.02. The van der Waals surface area contributed by atoms with Gasteiger partial charge in [-0.25, -0.2) is 0 Å². The van der Waals surface area contributed by atoms with Crippen LogP contribution in [0.25, 0.3) is 0 Å². The molecule has 0 unspecified atom stereocenters. The smallest absolute Gasteiger partial charge is 0.0811 e. The SMILES string of the molecule is [CH2]/C=C(\C)C(Cl)(Cl)Cl. The highest BCUT2D eigenvalue weighted by molar-refractivity contribution is 6.69. The number of halogens is 3. The van der Waals surface area contributed by atoms with E-state index in [1.165, 1.54) is 6.08 Å². The molecule has 0 aliphatic rings. The van der Waals surface area contributed by atoms with Gasteiger partial charge in [0.25, 0.3) is 0 Å². The summed E-state index contributed by atoms with van der Waals surface area (Å²) in [5.74, 6) is 0. The topological polar surface area (TPSA) is 0 Å². The molecule has 0 amide bonds. The van der Waals surface area contributed by atoms with E-state index >= 15 is 0 Å². The third-order valence-corrected chi connectivity index (χ3v) is 1.65. The van der Waals surface area contributed by atoms with Crippen LogP contribution in [0.15, 0.2) is 11.6 Å². The van der Waals surface area contributed by atoms with Crippen LogP contribution in [0.4, 0.5) is 0 Å². The van der Waals surface area contributed by atoms with Crippen LogP contribution < -0.4 is 0 Å². The summed E-state index contributed by atoms with van der Waals surface area (Å²) < 4.78 is -1.28. The van der Waals surface area contributed by atoms with Crippen LogP contribution in [0, 0.1) is 6.92 Å². The third kappa shape index (κ3) is 2.81. The van der Waals surface area contributed by atoms with E-state index in [1.54, 1.807) is 6.92 Å². The highest BCUT2D eigenvalue weighted by Crippen LogP contribution is 2.33. The van der Waals surface area contributed by atoms with Gasteiger partial charge < -0.3 is 0 Å². The third-order valence-electron chi connectivity index (χ3n) is 0.753. The maximum Gasteiger partial charge on any atom is 0.211 e. The molecule has 0 N–H and O–H groups in total. The Kier molecular flexibility index (Phi) is 3.18. The molecule has 0 saturated heterocycles. The van der Waals surface area contributed by atoms with Crippen LogP contribution in [0.5, 0.6) is 0 Å². The van der Waals surface area contributed by atoms with Crippen molar-refractivity contribution in [1.29, 1.82) is 0 Å². The fourth-order valence-electron chi connectivity index (χ4n) is 0.116. The van der Waals surface area contributed by atoms with Crippen molar-refractivity contribution in [1.82, 2.24) is 0 Å². The Bertz CT molecular complexity index is 98.7. The van der Waals surface area contributed by atoms with Gasteiger partial charge in [0.15, 0.2) is 0 Å². The maximum absolute atomic E-state index is 5.41. The monoisotopic (exact) mass is 171 g/mol. The van der Waals surface area contributed by atoms with Gasteiger partial charge in [0.2, 0.25) is 3.79 Å². The summed E-state index contributed by atoms with van der Waals surface area (Å²) in [6, 6.07) is 0. The Morgan fingerprint density at radius 1 is 1.50 bits per heavy atom. The summed E-state index contributed by atoms with van der Waals surface area (Å²) in [4.78, 5) is 0. The Morgan fingerprint density at radius 3 is 1.88 bits per heavy atom. The van der Waals surface area contributed by atoms with Crippen molar-refractivity contribution in [2.75, 3.05) is 0 Å². The zero-order valence-corrected chi connectivity index (χ0v) is 6.69. The fraction of sp³-hybridized carbons (Fsp3) is 0.400. The average molecular weight is 172 g/mol. The molecule has 0 saturated carbocycles. The zero-order valence-electron chi connectivity index (χ0n) is 4.42. The quantitative estimate of drug-likeness (QED) is 0.493. The molecule has 0 rings (SSSR count). The second-order valence-electron chi connectivity index (χ2n) is 1.38. The minimum Gasteiger partial charge on any atom is -0.0811 e. The molecule has 1 radical (unpaired) electrons. The number of allylic oxidation sites excluding steroid dienone is 2. The van der Waals surface area contributed by atoms with Gasteiger partial charge in [0.05, 0.1) is 0 Å². The highest BCUT2D eigenvalue weighted by atomic mass is 35.6. The predicted octanol–water partition coefficient (Wildman–Crippen LogP) is 3.14. The zero-order chi connectivity index (χ0) is 6.78. The van der Waals surface area contributed by atoms with Crippen molar-refractivity contribution in [3.05, 3.63) is 18.6 Å². The summed E-state index contributed by atoms with van der Waals surface area (Å²) in [6.45, 7) is 5.15. The van der Waals surface area contributed by atoms with Gasteiger partial charge >= 0.3 is 0 Å². The Balaban J connectivity index is 4.03. The van der Waals surface area contributed by atoms with Crippen molar-refractivity contribution in [2.24, 2.45) is 0 Å². The molecule has 0 aromatic rings. The summed E-state index contributed by atoms with van der Waals surface area (Å²) in [6.07, 6.45) is 1.52. The largest absolute Gasteiger partial charge is 0.211 e. The Morgan fingerprint density at radius 2 is 1.88 bits per heavy atom. The Labute approximate surface area is 64.4 Å². The summed E-state index contributed by atoms with van der Waals surface area (Å²) in [5.41, 5.74) is 0.641. The molecule has 0 aliphatic heterocycles. The second kappa shape index (κ2) is 2.95. The van der Waals surface area contributed by atoms with E-state index in [9.17, 15) is 0 Å². The maximum atomic E-state index is 5.41. The first-order valence-corrected chi connectivity index (χ1v) is 3.15. The lowest BCUT2D eigenvalue weighted by atomic mass is 10.3. The Hall–Kier alpha value is 0.610. The van der Waals surface area contributed by atoms with Crippen LogP contribution in [0.2, 0.25) is 0 Å². The molecular formula is C5H6Cl3. The predicted molar refractivity (Wildman–Crippen MR) is 39.4 cm³/mol. The molecule has 0 atom stereocenters. The van der Waals surface area contributed by atoms with Crippen molar-refractivity contribution in [3.63, 3.8) is 0 Å². The van der Waals surface area contributed by atoms with Crippen LogP contribution in [0.1, 0.15) is 6.92 Å². The fourth-order valence-corrected chi connectivity index (χ4v) is 0.347. The molecular weight excluding hydrogens is 166 g/mol. The van der Waals surface area contributed by atoms with E-state index in [1.807, 2.05) is 0 Å². The van der Waals surface area contributed by atoms with Gasteiger partial charge in [-0.1, -0.05) is 40.9 Å². The van der Waals surface area contributed by atoms with E-state index < -0.39 is 3.79 Å². The molecule has 0 spiro atoms. The molecule has 0 aliphatic carbocycles. The highest BCUT2D eigenvalue weighted by Gasteiger charge is 2.20. The van der Waals surface area contributed by atoms with E-state index in [0.29, 0.717) is 5.57 Å². The van der Waals surface area contributed by atoms with Gasteiger partial charge in [-0.2, -0.15) is 0 Å². The number of rotatable bonds is 0. The molecule has 0 heterocycles. The van der Waals surface area contributed by atoms with Crippen molar-refractivity contribution in [3.8, 4) is 0 Å². The summed E-state index contributed by atoms with van der Waals surface area (Å²) >= 11 is 16.2. The normalized spacial score (nSPS) is 14.4. The standard InChI is InChI=1S/C5H6Cl3/c1-3-4(2)5(6,7)8/h3H,1H2,2H3/b4-3+. The lowest BCUT2D eigenvalue weighted by molar-refractivity contribution is 1.24. The minimum absolute atomic E-state index is 0.641. The van der Waals surface area contributed by atoms with Gasteiger partial charge in [-0.15, -0.1) is 0 Å². The van der Waals surface area contributed by atoms with Crippen LogP contribution >= 0.6 is 34.8 Å². The first kappa shape index (κ1) is 8.61. The lowest BCUT2D eigenvalue weighted by Gasteiger charge is -2.09. The molecule has 3 heteroatoms. The number of hydrogen-bond donors (Lipinski definition) is 0. The first-order valence-electron chi connectivity index (χ1n) is 2.01. The molecule has 0 fully saturated rings. The average Bonchev–Trinajstić information content (AvgIpc) is 1.62. The van der Waals surface area contributed by atoms with Crippen molar-refractivity contribution in [2.45, 2.75) is 10.7 Å². The number of hydrogen-bond acceptors (Lipinski definition) is 0. The van der Waals surface area contributed by atoms with Crippen LogP contribution in [0.3, 0.4) is 0 Å². The molecule has 0 nitrogen and oxygen atoms in total. The molecule has 0 aromatic carbocycles. The van der Waals surface area contributed by atoms with Crippen molar-refractivity contribution < 1.29 is 0 Å². The van der Waals surface area contributed by atoms with Crippen LogP contribution in [-0.4, -0.2) is 3.79 Å². The van der Waals surface area contributed by atoms with Gasteiger partial charge in [-0.3, -0.25) is 0 Å². The van der Waals surface area contributed by atoms with E-state index in [0.717, 1.165) is 0 Å². The molecule has 0 aromatic heterocycles. The van der Waals surface area contributed by atoms with Gasteiger partial charge in [0, 0.05) is 0 Å². The molecule has 47 valence electrons. The van der Waals surface area contributed by atoms with E-state index in [-0.39, 0.29) is 0 Å². The summed E-state index contributed by atoms with van der Waals surface area (Å²) in [5, 5.41) is 0. The van der Waals surface area contributed by atoms with Gasteiger partial charge in [-0.05, 0) is 19.4 Å². The number of alkyl halides is 3. The second-order valence-corrected chi connectivity index (χ2v) is 3.67.